The van der Waals surface area contributed by atoms with E-state index in [1.54, 1.807) is 55.6 Å². The molecule has 2 heterocycles. The lowest BCUT2D eigenvalue weighted by Gasteiger charge is -2.17. The quantitative estimate of drug-likeness (QED) is 0.192. The number of ketones is 1. The number of aromatic nitrogens is 4. The molecular weight excluding hydrogens is 554 g/mol. The summed E-state index contributed by atoms with van der Waals surface area (Å²) in [6, 6.07) is 24.1. The number of hydrogen-bond acceptors (Lipinski definition) is 7. The highest BCUT2D eigenvalue weighted by molar-refractivity contribution is 6.01. The Hall–Kier alpha value is -5.35. The number of Topliss-reactive ketones (excluding diaryl/α,β-unsaturated/α-hetero) is 1. The van der Waals surface area contributed by atoms with Crippen molar-refractivity contribution in [3.8, 4) is 11.4 Å². The summed E-state index contributed by atoms with van der Waals surface area (Å²) in [5.41, 5.74) is 9.65. The predicted molar refractivity (Wildman–Crippen MR) is 172 cm³/mol. The summed E-state index contributed by atoms with van der Waals surface area (Å²) in [5.74, 6) is -0.0601. The first-order chi connectivity index (χ1) is 21.3. The number of amides is 1. The highest BCUT2D eigenvalue weighted by atomic mass is 16.2. The van der Waals surface area contributed by atoms with E-state index in [0.29, 0.717) is 46.4 Å². The van der Waals surface area contributed by atoms with Crippen molar-refractivity contribution in [1.82, 2.24) is 24.0 Å². The molecule has 1 aliphatic rings. The third-order valence-electron chi connectivity index (χ3n) is 7.93. The van der Waals surface area contributed by atoms with Crippen LogP contribution < -0.4 is 16.3 Å². The molecule has 44 heavy (non-hydrogen) atoms. The van der Waals surface area contributed by atoms with Crippen LogP contribution in [0.1, 0.15) is 28.8 Å². The maximum absolute atomic E-state index is 14.0. The molecule has 0 spiro atoms. The van der Waals surface area contributed by atoms with Gasteiger partial charge in [0.2, 0.25) is 5.91 Å². The van der Waals surface area contributed by atoms with Crippen LogP contribution in [0.3, 0.4) is 0 Å². The van der Waals surface area contributed by atoms with E-state index in [2.05, 4.69) is 21.9 Å². The number of hydrogen-bond donors (Lipinski definition) is 1. The number of nitrogens with two attached hydrogens (primary N) is 1. The van der Waals surface area contributed by atoms with E-state index in [9.17, 15) is 14.4 Å². The third kappa shape index (κ3) is 5.80. The second-order valence-electron chi connectivity index (χ2n) is 11.0. The summed E-state index contributed by atoms with van der Waals surface area (Å²) in [6.07, 6.45) is 7.45. The molecule has 0 radical (unpaired) electrons. The average Bonchev–Trinajstić information content (AvgIpc) is 3.85. The molecule has 2 aromatic heterocycles. The van der Waals surface area contributed by atoms with Crippen molar-refractivity contribution in [1.29, 1.82) is 0 Å². The minimum Gasteiger partial charge on any atom is -0.382 e. The first-order valence-electron chi connectivity index (χ1n) is 14.5. The van der Waals surface area contributed by atoms with E-state index >= 15 is 0 Å². The summed E-state index contributed by atoms with van der Waals surface area (Å²) < 4.78 is 2.89. The van der Waals surface area contributed by atoms with E-state index in [1.165, 1.54) is 33.2 Å². The molecular formula is C34H33N7O3. The molecule has 0 saturated heterocycles. The summed E-state index contributed by atoms with van der Waals surface area (Å²) in [7, 11) is 3.76. The Morgan fingerprint density at radius 2 is 1.68 bits per heavy atom. The Morgan fingerprint density at radius 1 is 0.932 bits per heavy atom. The van der Waals surface area contributed by atoms with Gasteiger partial charge >= 0.3 is 5.69 Å². The van der Waals surface area contributed by atoms with Crippen molar-refractivity contribution in [2.24, 2.45) is 0 Å². The van der Waals surface area contributed by atoms with Crippen LogP contribution in [0.25, 0.3) is 22.5 Å². The molecule has 1 fully saturated rings. The standard InChI is InChI=1S/C34H33N7O3/c1-38(25-17-18-25)19-7-12-30(43)39(2)27-10-6-11-28(21-27)41-33-31(32(35)36-22-37-33)40(34(41)44)26-15-13-24(14-16-26)29(42)20-23-8-4-3-5-9-23/h3-16,21-22,25H,17-20H2,1-2H3,(H2,35,36,37)/b12-7+. The van der Waals surface area contributed by atoms with Gasteiger partial charge in [0.05, 0.1) is 11.4 Å². The van der Waals surface area contributed by atoms with Gasteiger partial charge in [0.15, 0.2) is 17.2 Å². The Bertz CT molecular complexity index is 1920. The van der Waals surface area contributed by atoms with Gasteiger partial charge in [-0.25, -0.2) is 19.3 Å². The van der Waals surface area contributed by atoms with Crippen molar-refractivity contribution in [2.45, 2.75) is 25.3 Å². The van der Waals surface area contributed by atoms with Gasteiger partial charge < -0.3 is 10.6 Å². The molecule has 3 aromatic carbocycles. The van der Waals surface area contributed by atoms with Crippen LogP contribution in [0, 0.1) is 0 Å². The molecule has 0 atom stereocenters. The zero-order valence-corrected chi connectivity index (χ0v) is 24.6. The first kappa shape index (κ1) is 28.8. The highest BCUT2D eigenvalue weighted by Gasteiger charge is 2.25. The maximum atomic E-state index is 14.0. The Kier molecular flexibility index (Phi) is 7.91. The lowest BCUT2D eigenvalue weighted by molar-refractivity contribution is -0.113. The van der Waals surface area contributed by atoms with Gasteiger partial charge in [-0.2, -0.15) is 0 Å². The summed E-state index contributed by atoms with van der Waals surface area (Å²) >= 11 is 0. The molecule has 0 aliphatic heterocycles. The van der Waals surface area contributed by atoms with Crippen LogP contribution in [-0.4, -0.2) is 62.4 Å². The Morgan fingerprint density at radius 3 is 2.41 bits per heavy atom. The highest BCUT2D eigenvalue weighted by Crippen LogP contribution is 2.26. The number of likely N-dealkylation sites (N-methyl/N-ethyl adjacent to an activating group) is 2. The largest absolute Gasteiger partial charge is 0.382 e. The van der Waals surface area contributed by atoms with Crippen LogP contribution >= 0.6 is 0 Å². The molecule has 10 nitrogen and oxygen atoms in total. The molecule has 6 rings (SSSR count). The molecule has 0 unspecified atom stereocenters. The number of nitrogen functional groups attached to an aromatic ring is 1. The predicted octanol–water partition coefficient (Wildman–Crippen LogP) is 4.19. The zero-order chi connectivity index (χ0) is 30.8. The second kappa shape index (κ2) is 12.1. The van der Waals surface area contributed by atoms with Gasteiger partial charge in [-0.05, 0) is 67.9 Å². The number of benzene rings is 3. The smallest absolute Gasteiger partial charge is 0.339 e. The van der Waals surface area contributed by atoms with Crippen LogP contribution in [0.15, 0.2) is 102 Å². The number of imidazole rings is 1. The SMILES string of the molecule is CN(C(=O)/C=C/CN(C)C1CC1)c1cccc(-n2c(=O)n(-c3ccc(C(=O)Cc4ccccc4)cc3)c3c(N)ncnc32)c1. The maximum Gasteiger partial charge on any atom is 0.339 e. The normalized spacial score (nSPS) is 13.2. The van der Waals surface area contributed by atoms with E-state index in [4.69, 9.17) is 5.73 Å². The average molecular weight is 588 g/mol. The lowest BCUT2D eigenvalue weighted by atomic mass is 10.0. The topological polar surface area (TPSA) is 119 Å². The summed E-state index contributed by atoms with van der Waals surface area (Å²) in [4.78, 5) is 52.2. The molecule has 1 saturated carbocycles. The Labute approximate surface area is 254 Å². The van der Waals surface area contributed by atoms with Gasteiger partial charge in [0.25, 0.3) is 0 Å². The fraction of sp³-hybridized carbons (Fsp3) is 0.206. The minimum absolute atomic E-state index is 0.0272. The van der Waals surface area contributed by atoms with Crippen molar-refractivity contribution >= 4 is 34.4 Å². The number of anilines is 2. The number of nitrogens with zero attached hydrogens (tertiary/aromatic N) is 6. The van der Waals surface area contributed by atoms with Crippen LogP contribution in [0.4, 0.5) is 11.5 Å². The number of fused-ring (bicyclic) bond motifs is 1. The zero-order valence-electron chi connectivity index (χ0n) is 24.6. The monoisotopic (exact) mass is 587 g/mol. The van der Waals surface area contributed by atoms with Gasteiger partial charge in [-0.1, -0.05) is 42.5 Å². The van der Waals surface area contributed by atoms with Crippen LogP contribution in [0.5, 0.6) is 0 Å². The van der Waals surface area contributed by atoms with Gasteiger partial charge in [0.1, 0.15) is 11.8 Å². The number of rotatable bonds is 10. The van der Waals surface area contributed by atoms with Crippen molar-refractivity contribution in [3.63, 3.8) is 0 Å². The number of carbonyl (C=O) groups is 2. The minimum atomic E-state index is -0.412. The van der Waals surface area contributed by atoms with Crippen molar-refractivity contribution in [3.05, 3.63) is 119 Å². The third-order valence-corrected chi connectivity index (χ3v) is 7.93. The number of carbonyl (C=O) groups excluding carboxylic acids is 2. The second-order valence-corrected chi connectivity index (χ2v) is 11.0. The molecule has 5 aromatic rings. The molecule has 1 aliphatic carbocycles. The fourth-order valence-corrected chi connectivity index (χ4v) is 5.26. The van der Waals surface area contributed by atoms with E-state index in [1.807, 2.05) is 42.5 Å². The van der Waals surface area contributed by atoms with Crippen LogP contribution in [-0.2, 0) is 11.2 Å². The molecule has 1 amide bonds. The molecule has 2 N–H and O–H groups in total. The molecule has 0 bridgehead atoms. The fourth-order valence-electron chi connectivity index (χ4n) is 5.26. The van der Waals surface area contributed by atoms with Gasteiger partial charge in [-0.15, -0.1) is 0 Å². The molecule has 222 valence electrons. The van der Waals surface area contributed by atoms with Crippen molar-refractivity contribution in [2.75, 3.05) is 31.3 Å². The van der Waals surface area contributed by atoms with Gasteiger partial charge in [-0.3, -0.25) is 19.1 Å². The molecule has 10 heteroatoms. The summed E-state index contributed by atoms with van der Waals surface area (Å²) in [5, 5.41) is 0. The van der Waals surface area contributed by atoms with E-state index in [-0.39, 0.29) is 23.9 Å². The van der Waals surface area contributed by atoms with E-state index in [0.717, 1.165) is 5.56 Å². The summed E-state index contributed by atoms with van der Waals surface area (Å²) in [6.45, 7) is 0.711. The van der Waals surface area contributed by atoms with E-state index < -0.39 is 5.69 Å². The lowest BCUT2D eigenvalue weighted by Crippen LogP contribution is -2.26. The van der Waals surface area contributed by atoms with Crippen LogP contribution in [0.2, 0.25) is 0 Å². The van der Waals surface area contributed by atoms with Gasteiger partial charge in [0, 0.05) is 43.4 Å². The van der Waals surface area contributed by atoms with Crippen molar-refractivity contribution < 1.29 is 9.59 Å². The Balaban J connectivity index is 1.31. The first-order valence-corrected chi connectivity index (χ1v) is 14.5.